The molecule has 0 amide bonds. The molecule has 0 aliphatic carbocycles. The number of Topliss-reactive ketones (excluding diaryl/α,β-unsaturated/α-hetero) is 1. The first-order chi connectivity index (χ1) is 14.6. The Hall–Kier alpha value is -3.52. The van der Waals surface area contributed by atoms with E-state index in [1.807, 2.05) is 12.1 Å². The van der Waals surface area contributed by atoms with Gasteiger partial charge in [0.15, 0.2) is 28.8 Å². The lowest BCUT2D eigenvalue weighted by molar-refractivity contribution is -0.140. The Morgan fingerprint density at radius 3 is 2.37 bits per heavy atom. The van der Waals surface area contributed by atoms with E-state index in [9.17, 15) is 9.59 Å². The third-order valence-electron chi connectivity index (χ3n) is 5.09. The fourth-order valence-corrected chi connectivity index (χ4v) is 3.74. The molecule has 3 aliphatic rings. The zero-order valence-electron chi connectivity index (χ0n) is 16.1. The minimum atomic E-state index is -0.586. The summed E-state index contributed by atoms with van der Waals surface area (Å²) in [4.78, 5) is 24.4. The quantitative estimate of drug-likeness (QED) is 0.711. The van der Waals surface area contributed by atoms with Crippen molar-refractivity contribution in [3.63, 3.8) is 0 Å². The number of fused-ring (bicyclic) bond motifs is 2. The lowest BCUT2D eigenvalue weighted by atomic mass is 9.88. The maximum atomic E-state index is 12.9. The smallest absolute Gasteiger partial charge is 0.302 e. The molecule has 0 unspecified atom stereocenters. The fourth-order valence-electron chi connectivity index (χ4n) is 3.74. The number of carbonyl (C=O) groups is 2. The Bertz CT molecular complexity index is 1070. The van der Waals surface area contributed by atoms with Crippen molar-refractivity contribution in [3.8, 4) is 23.0 Å². The van der Waals surface area contributed by atoms with Crippen molar-refractivity contribution in [3.05, 3.63) is 53.1 Å². The summed E-state index contributed by atoms with van der Waals surface area (Å²) in [7, 11) is 0. The molecule has 0 saturated heterocycles. The molecule has 0 aromatic heterocycles. The predicted molar refractivity (Wildman–Crippen MR) is 102 cm³/mol. The normalized spacial score (nSPS) is 19.2. The van der Waals surface area contributed by atoms with E-state index in [4.69, 9.17) is 28.4 Å². The number of rotatable bonds is 4. The molecule has 0 N–H and O–H groups in total. The third-order valence-corrected chi connectivity index (χ3v) is 5.09. The SMILES string of the molecule is CC(=O)OCC1=C(c2ccc3c(c2)OCO3)C(=O)CO[C@@H]1c1ccc2c(c1)OCO2. The fraction of sp³-hybridized carbons (Fsp3) is 0.273. The summed E-state index contributed by atoms with van der Waals surface area (Å²) in [6.07, 6.45) is -0.586. The molecule has 2 aromatic rings. The van der Waals surface area contributed by atoms with E-state index in [0.29, 0.717) is 39.7 Å². The Balaban J connectivity index is 1.61. The van der Waals surface area contributed by atoms with Crippen molar-refractivity contribution in [1.82, 2.24) is 0 Å². The lowest BCUT2D eigenvalue weighted by Gasteiger charge is -2.29. The average Bonchev–Trinajstić information content (AvgIpc) is 3.40. The molecule has 0 fully saturated rings. The number of carbonyl (C=O) groups excluding carboxylic acids is 2. The minimum absolute atomic E-state index is 0.0794. The topological polar surface area (TPSA) is 89.5 Å². The second-order valence-corrected chi connectivity index (χ2v) is 6.98. The van der Waals surface area contributed by atoms with E-state index in [1.54, 1.807) is 24.3 Å². The van der Waals surface area contributed by atoms with Crippen molar-refractivity contribution in [1.29, 1.82) is 0 Å². The highest BCUT2D eigenvalue weighted by atomic mass is 16.7. The molecule has 154 valence electrons. The van der Waals surface area contributed by atoms with Crippen molar-refractivity contribution < 1.29 is 38.0 Å². The molecule has 2 aromatic carbocycles. The zero-order valence-corrected chi connectivity index (χ0v) is 16.1. The van der Waals surface area contributed by atoms with Gasteiger partial charge in [-0.2, -0.15) is 0 Å². The molecule has 3 heterocycles. The van der Waals surface area contributed by atoms with Gasteiger partial charge >= 0.3 is 5.97 Å². The number of esters is 1. The highest BCUT2D eigenvalue weighted by Crippen LogP contribution is 2.42. The zero-order chi connectivity index (χ0) is 20.7. The summed E-state index contributed by atoms with van der Waals surface area (Å²) in [6, 6.07) is 10.8. The number of hydrogen-bond acceptors (Lipinski definition) is 8. The van der Waals surface area contributed by atoms with Gasteiger partial charge in [-0.3, -0.25) is 9.59 Å². The third kappa shape index (κ3) is 3.25. The molecule has 5 rings (SSSR count). The first kappa shape index (κ1) is 18.5. The molecule has 30 heavy (non-hydrogen) atoms. The van der Waals surface area contributed by atoms with E-state index in [2.05, 4.69) is 0 Å². The van der Waals surface area contributed by atoms with Crippen LogP contribution < -0.4 is 18.9 Å². The van der Waals surface area contributed by atoms with Crippen LogP contribution in [0.25, 0.3) is 5.57 Å². The van der Waals surface area contributed by atoms with Crippen LogP contribution in [0.5, 0.6) is 23.0 Å². The largest absolute Gasteiger partial charge is 0.461 e. The summed E-state index contributed by atoms with van der Waals surface area (Å²) >= 11 is 0. The van der Waals surface area contributed by atoms with Crippen molar-refractivity contribution in [2.24, 2.45) is 0 Å². The predicted octanol–water partition coefficient (Wildman–Crippen LogP) is 2.80. The summed E-state index contributed by atoms with van der Waals surface area (Å²) in [5.74, 6) is 1.78. The Morgan fingerprint density at radius 1 is 0.967 bits per heavy atom. The number of ether oxygens (including phenoxy) is 6. The van der Waals surface area contributed by atoms with Gasteiger partial charge in [0.2, 0.25) is 13.6 Å². The van der Waals surface area contributed by atoms with Crippen LogP contribution in [-0.4, -0.2) is 38.6 Å². The highest BCUT2D eigenvalue weighted by Gasteiger charge is 2.33. The van der Waals surface area contributed by atoms with Crippen molar-refractivity contribution >= 4 is 17.3 Å². The molecule has 0 saturated carbocycles. The Kier molecular flexibility index (Phi) is 4.55. The van der Waals surface area contributed by atoms with Crippen molar-refractivity contribution in [2.75, 3.05) is 26.8 Å². The average molecular weight is 410 g/mol. The van der Waals surface area contributed by atoms with Gasteiger partial charge in [-0.1, -0.05) is 12.1 Å². The number of hydrogen-bond donors (Lipinski definition) is 0. The first-order valence-electron chi connectivity index (χ1n) is 9.41. The maximum absolute atomic E-state index is 12.9. The van der Waals surface area contributed by atoms with E-state index in [0.717, 1.165) is 5.56 Å². The van der Waals surface area contributed by atoms with Crippen LogP contribution in [0.3, 0.4) is 0 Å². The summed E-state index contributed by atoms with van der Waals surface area (Å²) in [6.45, 7) is 1.43. The summed E-state index contributed by atoms with van der Waals surface area (Å²) in [5.41, 5.74) is 2.43. The first-order valence-corrected chi connectivity index (χ1v) is 9.41. The standard InChI is InChI=1S/C22H18O8/c1-12(23)25-8-15-21(13-2-4-17-19(6-13)29-10-27-17)16(24)9-26-22(15)14-3-5-18-20(7-14)30-11-28-18/h2-7,22H,8-11H2,1H3/t22-/m1/s1. The minimum Gasteiger partial charge on any atom is -0.461 e. The highest BCUT2D eigenvalue weighted by molar-refractivity contribution is 6.23. The number of ketones is 1. The van der Waals surface area contributed by atoms with Gasteiger partial charge in [-0.05, 0) is 35.4 Å². The molecule has 8 nitrogen and oxygen atoms in total. The van der Waals surface area contributed by atoms with Gasteiger partial charge < -0.3 is 28.4 Å². The molecule has 8 heteroatoms. The van der Waals surface area contributed by atoms with Crippen LogP contribution in [-0.2, 0) is 19.1 Å². The van der Waals surface area contributed by atoms with Gasteiger partial charge in [-0.15, -0.1) is 0 Å². The van der Waals surface area contributed by atoms with E-state index < -0.39 is 12.1 Å². The molecule has 0 radical (unpaired) electrons. The Labute approximate surface area is 171 Å². The maximum Gasteiger partial charge on any atom is 0.302 e. The van der Waals surface area contributed by atoms with Gasteiger partial charge in [0.05, 0.1) is 0 Å². The molecular formula is C22H18O8. The summed E-state index contributed by atoms with van der Waals surface area (Å²) < 4.78 is 32.8. The van der Waals surface area contributed by atoms with Gasteiger partial charge in [0.25, 0.3) is 0 Å². The monoisotopic (exact) mass is 410 g/mol. The van der Waals surface area contributed by atoms with Crippen LogP contribution in [0.15, 0.2) is 42.0 Å². The Morgan fingerprint density at radius 2 is 1.63 bits per heavy atom. The molecule has 0 spiro atoms. The second-order valence-electron chi connectivity index (χ2n) is 6.98. The van der Waals surface area contributed by atoms with Crippen LogP contribution in [0, 0.1) is 0 Å². The van der Waals surface area contributed by atoms with E-state index >= 15 is 0 Å². The van der Waals surface area contributed by atoms with Crippen LogP contribution in [0.4, 0.5) is 0 Å². The van der Waals surface area contributed by atoms with Crippen LogP contribution in [0.2, 0.25) is 0 Å². The molecule has 1 atom stereocenters. The van der Waals surface area contributed by atoms with E-state index in [1.165, 1.54) is 6.92 Å². The molecular weight excluding hydrogens is 392 g/mol. The summed E-state index contributed by atoms with van der Waals surface area (Å²) in [5, 5.41) is 0. The van der Waals surface area contributed by atoms with E-state index in [-0.39, 0.29) is 32.6 Å². The molecule has 3 aliphatic heterocycles. The lowest BCUT2D eigenvalue weighted by Crippen LogP contribution is -2.27. The van der Waals surface area contributed by atoms with Gasteiger partial charge in [0, 0.05) is 18.1 Å². The van der Waals surface area contributed by atoms with Gasteiger partial charge in [0.1, 0.15) is 19.3 Å². The molecule has 0 bridgehead atoms. The van der Waals surface area contributed by atoms with Gasteiger partial charge in [-0.25, -0.2) is 0 Å². The van der Waals surface area contributed by atoms with Crippen molar-refractivity contribution in [2.45, 2.75) is 13.0 Å². The van der Waals surface area contributed by atoms with Crippen LogP contribution in [0.1, 0.15) is 24.2 Å². The van der Waals surface area contributed by atoms with Crippen LogP contribution >= 0.6 is 0 Å². The number of benzene rings is 2. The second kappa shape index (κ2) is 7.38.